The molecule has 0 rings (SSSR count). The molecule has 0 bridgehead atoms. The lowest BCUT2D eigenvalue weighted by Crippen LogP contribution is -2.17. The average molecular weight is 157 g/mol. The second kappa shape index (κ2) is 6.13. The van der Waals surface area contributed by atoms with Gasteiger partial charge in [-0.05, 0) is 27.2 Å². The van der Waals surface area contributed by atoms with Gasteiger partial charge in [0.1, 0.15) is 0 Å². The number of hydrogen-bond donors (Lipinski definition) is 0. The first-order valence-corrected chi connectivity index (χ1v) is 4.36. The van der Waals surface area contributed by atoms with Crippen LogP contribution >= 0.6 is 0 Å². The van der Waals surface area contributed by atoms with Crippen LogP contribution in [0.3, 0.4) is 0 Å². The summed E-state index contributed by atoms with van der Waals surface area (Å²) in [5, 5.41) is 10.1. The Hall–Kier alpha value is -0.600. The molecule has 0 aliphatic carbocycles. The predicted octanol–water partition coefficient (Wildman–Crippen LogP) is 2.49. The molecule has 66 valence electrons. The summed E-state index contributed by atoms with van der Waals surface area (Å²) in [5.74, 6) is 0. The predicted molar refractivity (Wildman–Crippen MR) is 47.5 cm³/mol. The van der Waals surface area contributed by atoms with Crippen molar-refractivity contribution >= 4 is 0 Å². The van der Waals surface area contributed by atoms with Gasteiger partial charge in [0, 0.05) is 13.1 Å². The molecule has 0 saturated heterocycles. The Bertz CT molecular complexity index is 110. The van der Waals surface area contributed by atoms with E-state index < -0.39 is 0 Å². The van der Waals surface area contributed by atoms with Crippen molar-refractivity contribution in [2.24, 2.45) is 10.3 Å². The van der Waals surface area contributed by atoms with Gasteiger partial charge in [0.15, 0.2) is 0 Å². The highest BCUT2D eigenvalue weighted by Gasteiger charge is 1.94. The van der Waals surface area contributed by atoms with Crippen LogP contribution in [0, 0.1) is 0 Å². The van der Waals surface area contributed by atoms with Crippen molar-refractivity contribution < 1.29 is 0 Å². The molecule has 0 aromatic rings. The topological polar surface area (TPSA) is 28.0 Å². The maximum Gasteiger partial charge on any atom is 0.0673 e. The fourth-order valence-corrected chi connectivity index (χ4v) is 0.701. The van der Waals surface area contributed by atoms with Crippen LogP contribution in [0.1, 0.15) is 34.1 Å². The maximum atomic E-state index is 4.09. The van der Waals surface area contributed by atoms with E-state index in [1.54, 1.807) is 0 Å². The Labute approximate surface area is 69.5 Å². The van der Waals surface area contributed by atoms with Crippen molar-refractivity contribution in [3.05, 3.63) is 0 Å². The number of hydrogen-bond acceptors (Lipinski definition) is 2. The van der Waals surface area contributed by atoms with Crippen LogP contribution in [0.2, 0.25) is 0 Å². The molecule has 0 aromatic carbocycles. The van der Waals surface area contributed by atoms with Crippen LogP contribution in [0.15, 0.2) is 10.3 Å². The quantitative estimate of drug-likeness (QED) is 0.445. The summed E-state index contributed by atoms with van der Waals surface area (Å²) in [4.78, 5) is 0. The zero-order valence-corrected chi connectivity index (χ0v) is 8.04. The maximum absolute atomic E-state index is 4.09. The van der Waals surface area contributed by atoms with E-state index in [2.05, 4.69) is 24.2 Å². The van der Waals surface area contributed by atoms with Crippen molar-refractivity contribution in [1.82, 2.24) is 5.01 Å². The fraction of sp³-hybridized carbons (Fsp3) is 1.00. The zero-order valence-electron chi connectivity index (χ0n) is 8.04. The van der Waals surface area contributed by atoms with Crippen LogP contribution in [0.5, 0.6) is 0 Å². The number of rotatable bonds is 5. The monoisotopic (exact) mass is 157 g/mol. The van der Waals surface area contributed by atoms with Crippen LogP contribution < -0.4 is 0 Å². The molecule has 0 saturated carbocycles. The van der Waals surface area contributed by atoms with E-state index in [4.69, 9.17) is 0 Å². The molecule has 0 aliphatic rings. The summed E-state index contributed by atoms with van der Waals surface area (Å²) in [7, 11) is 0. The molecule has 3 heteroatoms. The first-order valence-electron chi connectivity index (χ1n) is 4.36. The summed E-state index contributed by atoms with van der Waals surface area (Å²) in [6.07, 6.45) is 1.13. The standard InChI is InChI=1S/C8H19N3/c1-5-7-11(6-2)10-9-8(3)4/h8H,5-7H2,1-4H3. The van der Waals surface area contributed by atoms with Gasteiger partial charge < -0.3 is 0 Å². The molecule has 0 aromatic heterocycles. The molecule has 0 N–H and O–H groups in total. The van der Waals surface area contributed by atoms with Crippen molar-refractivity contribution in [3.8, 4) is 0 Å². The molecule has 0 atom stereocenters. The van der Waals surface area contributed by atoms with Crippen molar-refractivity contribution in [2.45, 2.75) is 40.2 Å². The first-order chi connectivity index (χ1) is 5.20. The molecule has 11 heavy (non-hydrogen) atoms. The van der Waals surface area contributed by atoms with E-state index in [1.165, 1.54) is 0 Å². The molecule has 0 fully saturated rings. The van der Waals surface area contributed by atoms with Crippen LogP contribution in [-0.4, -0.2) is 24.1 Å². The summed E-state index contributed by atoms with van der Waals surface area (Å²) in [6.45, 7) is 10.3. The molecule has 0 spiro atoms. The smallest absolute Gasteiger partial charge is 0.0673 e. The van der Waals surface area contributed by atoms with Crippen molar-refractivity contribution in [2.75, 3.05) is 13.1 Å². The van der Waals surface area contributed by atoms with Gasteiger partial charge in [-0.1, -0.05) is 12.1 Å². The van der Waals surface area contributed by atoms with Gasteiger partial charge in [0.05, 0.1) is 6.04 Å². The molecular weight excluding hydrogens is 138 g/mol. The summed E-state index contributed by atoms with van der Waals surface area (Å²) in [5.41, 5.74) is 0. The summed E-state index contributed by atoms with van der Waals surface area (Å²) in [6, 6.07) is 0.306. The molecule has 3 nitrogen and oxygen atoms in total. The fourth-order valence-electron chi connectivity index (χ4n) is 0.701. The second-order valence-corrected chi connectivity index (χ2v) is 2.84. The Morgan fingerprint density at radius 2 is 1.91 bits per heavy atom. The van der Waals surface area contributed by atoms with E-state index in [0.29, 0.717) is 6.04 Å². The van der Waals surface area contributed by atoms with Gasteiger partial charge in [-0.25, -0.2) is 0 Å². The highest BCUT2D eigenvalue weighted by molar-refractivity contribution is 4.47. The highest BCUT2D eigenvalue weighted by atomic mass is 15.5. The van der Waals surface area contributed by atoms with E-state index >= 15 is 0 Å². The van der Waals surface area contributed by atoms with Gasteiger partial charge in [0.2, 0.25) is 0 Å². The van der Waals surface area contributed by atoms with E-state index in [0.717, 1.165) is 19.5 Å². The summed E-state index contributed by atoms with van der Waals surface area (Å²) >= 11 is 0. The third-order valence-corrected chi connectivity index (χ3v) is 1.26. The SMILES string of the molecule is CCCN(CC)N=NC(C)C. The average Bonchev–Trinajstić information content (AvgIpc) is 1.97. The molecule has 0 heterocycles. The minimum Gasteiger partial charge on any atom is -0.279 e. The minimum absolute atomic E-state index is 0.306. The third-order valence-electron chi connectivity index (χ3n) is 1.26. The van der Waals surface area contributed by atoms with E-state index in [1.807, 2.05) is 18.9 Å². The molecule has 0 amide bonds. The Kier molecular flexibility index (Phi) is 5.80. The normalized spacial score (nSPS) is 11.4. The van der Waals surface area contributed by atoms with Crippen LogP contribution in [0.4, 0.5) is 0 Å². The largest absolute Gasteiger partial charge is 0.279 e. The van der Waals surface area contributed by atoms with Gasteiger partial charge in [-0.3, -0.25) is 5.01 Å². The van der Waals surface area contributed by atoms with Gasteiger partial charge in [0.25, 0.3) is 0 Å². The van der Waals surface area contributed by atoms with Crippen molar-refractivity contribution in [3.63, 3.8) is 0 Å². The van der Waals surface area contributed by atoms with Crippen molar-refractivity contribution in [1.29, 1.82) is 0 Å². The van der Waals surface area contributed by atoms with Crippen LogP contribution in [-0.2, 0) is 0 Å². The summed E-state index contributed by atoms with van der Waals surface area (Å²) < 4.78 is 0. The Morgan fingerprint density at radius 3 is 2.27 bits per heavy atom. The van der Waals surface area contributed by atoms with Gasteiger partial charge in [-0.2, -0.15) is 5.11 Å². The van der Waals surface area contributed by atoms with E-state index in [9.17, 15) is 0 Å². The second-order valence-electron chi connectivity index (χ2n) is 2.84. The lowest BCUT2D eigenvalue weighted by molar-refractivity contribution is 0.276. The van der Waals surface area contributed by atoms with E-state index in [-0.39, 0.29) is 0 Å². The van der Waals surface area contributed by atoms with Gasteiger partial charge in [-0.15, -0.1) is 0 Å². The highest BCUT2D eigenvalue weighted by Crippen LogP contribution is 1.95. The lowest BCUT2D eigenvalue weighted by atomic mass is 10.4. The molecule has 0 unspecified atom stereocenters. The molecular formula is C8H19N3. The molecule has 0 radical (unpaired) electrons. The molecule has 0 aliphatic heterocycles. The van der Waals surface area contributed by atoms with Crippen LogP contribution in [0.25, 0.3) is 0 Å². The Morgan fingerprint density at radius 1 is 1.27 bits per heavy atom. The lowest BCUT2D eigenvalue weighted by Gasteiger charge is -2.13. The minimum atomic E-state index is 0.306. The van der Waals surface area contributed by atoms with Gasteiger partial charge >= 0.3 is 0 Å². The zero-order chi connectivity index (χ0) is 8.69. The number of nitrogens with zero attached hydrogens (tertiary/aromatic N) is 3. The third kappa shape index (κ3) is 5.83. The first kappa shape index (κ1) is 10.4. The Balaban J connectivity index is 3.66.